The summed E-state index contributed by atoms with van der Waals surface area (Å²) in [4.78, 5) is 13.5. The number of benzene rings is 1. The maximum absolute atomic E-state index is 11.3. The van der Waals surface area contributed by atoms with Gasteiger partial charge in [0.05, 0.1) is 23.5 Å². The number of hydrogen-bond donors (Lipinski definition) is 2. The van der Waals surface area contributed by atoms with E-state index in [0.717, 1.165) is 18.8 Å². The van der Waals surface area contributed by atoms with Crippen LogP contribution in [0.15, 0.2) is 18.2 Å². The number of rotatable bonds is 7. The molecule has 19 heavy (non-hydrogen) atoms. The maximum atomic E-state index is 11.3. The van der Waals surface area contributed by atoms with Crippen LogP contribution in [0.1, 0.15) is 24.2 Å². The molecule has 0 bridgehead atoms. The number of primary amides is 1. The SMILES string of the molecule is COCCN(CC(C)C)c1cccc(C(N)=O)c1N. The van der Waals surface area contributed by atoms with Crippen LogP contribution in [-0.2, 0) is 4.74 Å². The lowest BCUT2D eigenvalue weighted by Crippen LogP contribution is -2.32. The predicted octanol–water partition coefficient (Wildman–Crippen LogP) is 1.48. The molecule has 0 saturated carbocycles. The molecule has 1 aromatic carbocycles. The number of nitrogen functional groups attached to an aromatic ring is 1. The van der Waals surface area contributed by atoms with Gasteiger partial charge in [0.25, 0.3) is 5.91 Å². The summed E-state index contributed by atoms with van der Waals surface area (Å²) >= 11 is 0. The van der Waals surface area contributed by atoms with Crippen molar-refractivity contribution in [2.75, 3.05) is 37.4 Å². The van der Waals surface area contributed by atoms with Gasteiger partial charge in [0.15, 0.2) is 0 Å². The van der Waals surface area contributed by atoms with Crippen LogP contribution in [0, 0.1) is 5.92 Å². The molecule has 1 aromatic rings. The van der Waals surface area contributed by atoms with E-state index in [2.05, 4.69) is 18.7 Å². The van der Waals surface area contributed by atoms with E-state index in [4.69, 9.17) is 16.2 Å². The van der Waals surface area contributed by atoms with Gasteiger partial charge in [-0.15, -0.1) is 0 Å². The molecule has 0 radical (unpaired) electrons. The van der Waals surface area contributed by atoms with Crippen LogP contribution in [0.3, 0.4) is 0 Å². The summed E-state index contributed by atoms with van der Waals surface area (Å²) in [6.45, 7) is 6.44. The van der Waals surface area contributed by atoms with Gasteiger partial charge in [-0.05, 0) is 18.1 Å². The Morgan fingerprint density at radius 1 is 1.42 bits per heavy atom. The monoisotopic (exact) mass is 265 g/mol. The molecule has 0 unspecified atom stereocenters. The van der Waals surface area contributed by atoms with Gasteiger partial charge in [-0.2, -0.15) is 0 Å². The number of methoxy groups -OCH3 is 1. The summed E-state index contributed by atoms with van der Waals surface area (Å²) < 4.78 is 5.12. The zero-order chi connectivity index (χ0) is 14.4. The van der Waals surface area contributed by atoms with Crippen LogP contribution in [0.2, 0.25) is 0 Å². The molecule has 5 nitrogen and oxygen atoms in total. The highest BCUT2D eigenvalue weighted by molar-refractivity contribution is 6.00. The normalized spacial score (nSPS) is 10.7. The van der Waals surface area contributed by atoms with Crippen LogP contribution in [-0.4, -0.2) is 32.7 Å². The molecule has 0 fully saturated rings. The van der Waals surface area contributed by atoms with E-state index < -0.39 is 5.91 Å². The Morgan fingerprint density at radius 3 is 2.63 bits per heavy atom. The first-order valence-electron chi connectivity index (χ1n) is 6.39. The molecule has 0 atom stereocenters. The Balaban J connectivity index is 3.07. The van der Waals surface area contributed by atoms with Crippen LogP contribution in [0.25, 0.3) is 0 Å². The number of carbonyl (C=O) groups is 1. The van der Waals surface area contributed by atoms with Crippen molar-refractivity contribution in [3.05, 3.63) is 23.8 Å². The first-order valence-corrected chi connectivity index (χ1v) is 6.39. The average molecular weight is 265 g/mol. The fourth-order valence-electron chi connectivity index (χ4n) is 2.00. The number of carbonyl (C=O) groups excluding carboxylic acids is 1. The van der Waals surface area contributed by atoms with Crippen molar-refractivity contribution in [2.24, 2.45) is 11.7 Å². The van der Waals surface area contributed by atoms with E-state index in [-0.39, 0.29) is 0 Å². The molecule has 4 N–H and O–H groups in total. The molecule has 0 saturated heterocycles. The van der Waals surface area contributed by atoms with Crippen molar-refractivity contribution in [1.29, 1.82) is 0 Å². The van der Waals surface area contributed by atoms with E-state index >= 15 is 0 Å². The number of para-hydroxylation sites is 1. The number of ether oxygens (including phenoxy) is 1. The second kappa shape index (κ2) is 6.99. The summed E-state index contributed by atoms with van der Waals surface area (Å²) in [5.41, 5.74) is 13.0. The number of nitrogens with two attached hydrogens (primary N) is 2. The zero-order valence-corrected chi connectivity index (χ0v) is 11.8. The third-order valence-electron chi connectivity index (χ3n) is 2.84. The minimum Gasteiger partial charge on any atom is -0.396 e. The van der Waals surface area contributed by atoms with E-state index in [1.807, 2.05) is 6.07 Å². The number of hydrogen-bond acceptors (Lipinski definition) is 4. The smallest absolute Gasteiger partial charge is 0.250 e. The highest BCUT2D eigenvalue weighted by Gasteiger charge is 2.15. The first-order chi connectivity index (χ1) is 8.97. The molecule has 1 amide bonds. The van der Waals surface area contributed by atoms with Crippen LogP contribution in [0.5, 0.6) is 0 Å². The molecule has 106 valence electrons. The summed E-state index contributed by atoms with van der Waals surface area (Å²) in [6.07, 6.45) is 0. The predicted molar refractivity (Wildman–Crippen MR) is 78.3 cm³/mol. The Kier molecular flexibility index (Phi) is 5.63. The number of amides is 1. The Labute approximate surface area is 114 Å². The Hall–Kier alpha value is -1.75. The fourth-order valence-corrected chi connectivity index (χ4v) is 2.00. The molecular formula is C14H23N3O2. The van der Waals surface area contributed by atoms with Gasteiger partial charge in [0.1, 0.15) is 0 Å². The first kappa shape index (κ1) is 15.3. The maximum Gasteiger partial charge on any atom is 0.250 e. The van der Waals surface area contributed by atoms with Crippen molar-refractivity contribution in [1.82, 2.24) is 0 Å². The Morgan fingerprint density at radius 2 is 2.11 bits per heavy atom. The molecule has 0 spiro atoms. The standard InChI is InChI=1S/C14H23N3O2/c1-10(2)9-17(7-8-19-3)12-6-4-5-11(13(12)15)14(16)18/h4-6,10H,7-9,15H2,1-3H3,(H2,16,18). The second-order valence-corrected chi connectivity index (χ2v) is 4.94. The minimum absolute atomic E-state index is 0.365. The molecule has 0 aliphatic carbocycles. The van der Waals surface area contributed by atoms with Crippen LogP contribution < -0.4 is 16.4 Å². The fraction of sp³-hybridized carbons (Fsp3) is 0.500. The van der Waals surface area contributed by atoms with Gasteiger partial charge in [-0.1, -0.05) is 19.9 Å². The molecule has 5 heteroatoms. The summed E-state index contributed by atoms with van der Waals surface area (Å²) in [6, 6.07) is 5.34. The van der Waals surface area contributed by atoms with Crippen LogP contribution >= 0.6 is 0 Å². The topological polar surface area (TPSA) is 81.6 Å². The van der Waals surface area contributed by atoms with Gasteiger partial charge in [0, 0.05) is 20.2 Å². The summed E-state index contributed by atoms with van der Waals surface area (Å²) in [5.74, 6) is -0.0240. The largest absolute Gasteiger partial charge is 0.396 e. The Bertz CT molecular complexity index is 433. The molecular weight excluding hydrogens is 242 g/mol. The number of anilines is 2. The van der Waals surface area contributed by atoms with E-state index in [1.54, 1.807) is 19.2 Å². The second-order valence-electron chi connectivity index (χ2n) is 4.94. The molecule has 0 aromatic heterocycles. The molecule has 0 heterocycles. The minimum atomic E-state index is -0.504. The summed E-state index contributed by atoms with van der Waals surface area (Å²) in [5, 5.41) is 0. The lowest BCUT2D eigenvalue weighted by molar-refractivity contribution is 0.100. The highest BCUT2D eigenvalue weighted by atomic mass is 16.5. The molecule has 0 aliphatic heterocycles. The average Bonchev–Trinajstić information content (AvgIpc) is 2.34. The molecule has 0 aliphatic rings. The van der Waals surface area contributed by atoms with Gasteiger partial charge < -0.3 is 21.1 Å². The van der Waals surface area contributed by atoms with E-state index in [0.29, 0.717) is 23.8 Å². The lowest BCUT2D eigenvalue weighted by atomic mass is 10.1. The van der Waals surface area contributed by atoms with Crippen molar-refractivity contribution in [3.63, 3.8) is 0 Å². The third kappa shape index (κ3) is 4.13. The van der Waals surface area contributed by atoms with E-state index in [9.17, 15) is 4.79 Å². The van der Waals surface area contributed by atoms with Crippen molar-refractivity contribution < 1.29 is 9.53 Å². The third-order valence-corrected chi connectivity index (χ3v) is 2.84. The van der Waals surface area contributed by atoms with Crippen molar-refractivity contribution >= 4 is 17.3 Å². The van der Waals surface area contributed by atoms with Gasteiger partial charge in [0.2, 0.25) is 0 Å². The van der Waals surface area contributed by atoms with Gasteiger partial charge in [-0.3, -0.25) is 4.79 Å². The lowest BCUT2D eigenvalue weighted by Gasteiger charge is -2.28. The number of nitrogens with zero attached hydrogens (tertiary/aromatic N) is 1. The quantitative estimate of drug-likeness (QED) is 0.732. The van der Waals surface area contributed by atoms with Crippen molar-refractivity contribution in [3.8, 4) is 0 Å². The van der Waals surface area contributed by atoms with E-state index in [1.165, 1.54) is 0 Å². The van der Waals surface area contributed by atoms with Gasteiger partial charge in [-0.25, -0.2) is 0 Å². The molecule has 1 rings (SSSR count). The van der Waals surface area contributed by atoms with Crippen molar-refractivity contribution in [2.45, 2.75) is 13.8 Å². The highest BCUT2D eigenvalue weighted by Crippen LogP contribution is 2.27. The van der Waals surface area contributed by atoms with Gasteiger partial charge >= 0.3 is 0 Å². The summed E-state index contributed by atoms with van der Waals surface area (Å²) in [7, 11) is 1.66. The zero-order valence-electron chi connectivity index (χ0n) is 11.8. The van der Waals surface area contributed by atoms with Crippen LogP contribution in [0.4, 0.5) is 11.4 Å².